The van der Waals surface area contributed by atoms with Gasteiger partial charge in [-0.3, -0.25) is 14.2 Å². The number of aromatic nitrogens is 2. The molecule has 0 saturated heterocycles. The molecule has 0 radical (unpaired) electrons. The van der Waals surface area contributed by atoms with Gasteiger partial charge in [0.1, 0.15) is 11.5 Å². The van der Waals surface area contributed by atoms with E-state index in [4.69, 9.17) is 0 Å². The van der Waals surface area contributed by atoms with E-state index in [0.717, 1.165) is 10.0 Å². The molecule has 2 aromatic carbocycles. The lowest BCUT2D eigenvalue weighted by molar-refractivity contribution is -0.115. The molecule has 0 unspecified atom stereocenters. The summed E-state index contributed by atoms with van der Waals surface area (Å²) in [5.74, 6) is -1.17. The third-order valence-corrected chi connectivity index (χ3v) is 5.25. The van der Waals surface area contributed by atoms with Gasteiger partial charge in [0.05, 0.1) is 12.7 Å². The van der Waals surface area contributed by atoms with Crippen LogP contribution in [0.5, 0.6) is 0 Å². The maximum Gasteiger partial charge on any atom is 0.270 e. The second kappa shape index (κ2) is 9.23. The van der Waals surface area contributed by atoms with Crippen molar-refractivity contribution in [1.82, 2.24) is 14.9 Å². The Kier molecular flexibility index (Phi) is 6.71. The largest absolute Gasteiger partial charge is 0.342 e. The minimum absolute atomic E-state index is 0.197. The minimum atomic E-state index is -0.454. The SMILES string of the molecule is CSc1ncc(C(=O)NCC(=O)Nc2ccc(Br)cc2C)n1-c1ccc(F)cc1. The average molecular weight is 477 g/mol. The van der Waals surface area contributed by atoms with E-state index < -0.39 is 5.91 Å². The topological polar surface area (TPSA) is 76.0 Å². The van der Waals surface area contributed by atoms with Crippen molar-refractivity contribution in [3.8, 4) is 5.69 Å². The van der Waals surface area contributed by atoms with Crippen molar-refractivity contribution in [3.63, 3.8) is 0 Å². The van der Waals surface area contributed by atoms with E-state index in [2.05, 4.69) is 31.5 Å². The van der Waals surface area contributed by atoms with Crippen LogP contribution in [0.15, 0.2) is 58.3 Å². The number of thioether (sulfide) groups is 1. The van der Waals surface area contributed by atoms with Crippen LogP contribution in [0.4, 0.5) is 10.1 Å². The first kappa shape index (κ1) is 21.1. The third-order valence-electron chi connectivity index (χ3n) is 4.10. The molecule has 2 N–H and O–H groups in total. The van der Waals surface area contributed by atoms with E-state index >= 15 is 0 Å². The van der Waals surface area contributed by atoms with Crippen molar-refractivity contribution in [2.45, 2.75) is 12.1 Å². The number of amides is 2. The van der Waals surface area contributed by atoms with Crippen LogP contribution in [0, 0.1) is 12.7 Å². The van der Waals surface area contributed by atoms with Crippen LogP contribution in [0.25, 0.3) is 5.69 Å². The summed E-state index contributed by atoms with van der Waals surface area (Å²) in [6.07, 6.45) is 3.26. The second-order valence-corrected chi connectivity index (χ2v) is 7.82. The van der Waals surface area contributed by atoms with E-state index in [1.54, 1.807) is 22.8 Å². The highest BCUT2D eigenvalue weighted by molar-refractivity contribution is 9.10. The smallest absolute Gasteiger partial charge is 0.270 e. The van der Waals surface area contributed by atoms with Crippen molar-refractivity contribution < 1.29 is 14.0 Å². The van der Waals surface area contributed by atoms with Gasteiger partial charge in [-0.1, -0.05) is 27.7 Å². The fourth-order valence-electron chi connectivity index (χ4n) is 2.69. The van der Waals surface area contributed by atoms with Crippen molar-refractivity contribution in [2.75, 3.05) is 18.1 Å². The zero-order chi connectivity index (χ0) is 21.0. The molecule has 0 saturated carbocycles. The first-order chi connectivity index (χ1) is 13.9. The van der Waals surface area contributed by atoms with Crippen LogP contribution >= 0.6 is 27.7 Å². The van der Waals surface area contributed by atoms with Crippen LogP contribution in [0.2, 0.25) is 0 Å². The molecule has 1 aromatic heterocycles. The summed E-state index contributed by atoms with van der Waals surface area (Å²) >= 11 is 4.73. The number of carbonyl (C=O) groups excluding carboxylic acids is 2. The molecule has 2 amide bonds. The summed E-state index contributed by atoms with van der Waals surface area (Å²) in [5.41, 5.74) is 2.44. The van der Waals surface area contributed by atoms with Gasteiger partial charge in [-0.2, -0.15) is 0 Å². The molecule has 1 heterocycles. The maximum atomic E-state index is 13.3. The normalized spacial score (nSPS) is 10.6. The molecule has 6 nitrogen and oxygen atoms in total. The zero-order valence-electron chi connectivity index (χ0n) is 15.7. The average Bonchev–Trinajstić information content (AvgIpc) is 3.13. The van der Waals surface area contributed by atoms with Crippen molar-refractivity contribution in [3.05, 3.63) is 70.2 Å². The Labute approximate surface area is 180 Å². The highest BCUT2D eigenvalue weighted by atomic mass is 79.9. The molecule has 3 aromatic rings. The van der Waals surface area contributed by atoms with Crippen LogP contribution in [0.1, 0.15) is 16.1 Å². The molecule has 0 bridgehead atoms. The number of carbonyl (C=O) groups is 2. The number of hydrogen-bond acceptors (Lipinski definition) is 4. The standard InChI is InChI=1S/C20H18BrFN4O2S/c1-12-9-13(21)3-8-16(12)25-18(27)11-23-19(28)17-10-24-20(29-2)26(17)15-6-4-14(22)5-7-15/h3-10H,11H2,1-2H3,(H,23,28)(H,25,27). The van der Waals surface area contributed by atoms with Gasteiger partial charge in [-0.25, -0.2) is 9.37 Å². The molecule has 3 rings (SSSR count). The van der Waals surface area contributed by atoms with Gasteiger partial charge >= 0.3 is 0 Å². The number of anilines is 1. The van der Waals surface area contributed by atoms with Gasteiger partial charge in [-0.15, -0.1) is 0 Å². The zero-order valence-corrected chi connectivity index (χ0v) is 18.1. The Morgan fingerprint density at radius 2 is 1.93 bits per heavy atom. The Bertz CT molecular complexity index is 1050. The van der Waals surface area contributed by atoms with Crippen molar-refractivity contribution in [2.24, 2.45) is 0 Å². The summed E-state index contributed by atoms with van der Waals surface area (Å²) in [4.78, 5) is 29.1. The van der Waals surface area contributed by atoms with E-state index in [1.807, 2.05) is 25.3 Å². The Hall–Kier alpha value is -2.65. The van der Waals surface area contributed by atoms with Gasteiger partial charge in [0.25, 0.3) is 5.91 Å². The van der Waals surface area contributed by atoms with Crippen LogP contribution < -0.4 is 10.6 Å². The van der Waals surface area contributed by atoms with Gasteiger partial charge in [-0.05, 0) is 61.2 Å². The quantitative estimate of drug-likeness (QED) is 0.523. The van der Waals surface area contributed by atoms with Gasteiger partial charge in [0.15, 0.2) is 5.16 Å². The van der Waals surface area contributed by atoms with Gasteiger partial charge in [0.2, 0.25) is 5.91 Å². The first-order valence-electron chi connectivity index (χ1n) is 8.61. The van der Waals surface area contributed by atoms with Crippen molar-refractivity contribution in [1.29, 1.82) is 0 Å². The molecule has 0 fully saturated rings. The van der Waals surface area contributed by atoms with Gasteiger partial charge in [0, 0.05) is 15.8 Å². The predicted octanol–water partition coefficient (Wildman–Crippen LogP) is 4.17. The van der Waals surface area contributed by atoms with Crippen molar-refractivity contribution >= 4 is 45.2 Å². The van der Waals surface area contributed by atoms with E-state index in [-0.39, 0.29) is 24.0 Å². The Morgan fingerprint density at radius 3 is 2.59 bits per heavy atom. The van der Waals surface area contributed by atoms with E-state index in [0.29, 0.717) is 16.5 Å². The lowest BCUT2D eigenvalue weighted by Crippen LogP contribution is -2.34. The molecule has 0 spiro atoms. The molecule has 29 heavy (non-hydrogen) atoms. The Balaban J connectivity index is 1.71. The summed E-state index contributed by atoms with van der Waals surface area (Å²) in [6.45, 7) is 1.68. The fourth-order valence-corrected chi connectivity index (χ4v) is 3.71. The number of aryl methyl sites for hydroxylation is 1. The van der Waals surface area contributed by atoms with Crippen LogP contribution in [0.3, 0.4) is 0 Å². The maximum absolute atomic E-state index is 13.3. The fraction of sp³-hybridized carbons (Fsp3) is 0.150. The van der Waals surface area contributed by atoms with Crippen LogP contribution in [-0.4, -0.2) is 34.2 Å². The number of halogens is 2. The highest BCUT2D eigenvalue weighted by Crippen LogP contribution is 2.22. The first-order valence-corrected chi connectivity index (χ1v) is 10.6. The summed E-state index contributed by atoms with van der Waals surface area (Å²) < 4.78 is 15.8. The second-order valence-electron chi connectivity index (χ2n) is 6.13. The van der Waals surface area contributed by atoms with Gasteiger partial charge < -0.3 is 10.6 Å². The monoisotopic (exact) mass is 476 g/mol. The number of nitrogens with zero attached hydrogens (tertiary/aromatic N) is 2. The number of imidazole rings is 1. The summed E-state index contributed by atoms with van der Waals surface area (Å²) in [5, 5.41) is 5.96. The van der Waals surface area contributed by atoms with E-state index in [1.165, 1.54) is 30.1 Å². The molecule has 150 valence electrons. The Morgan fingerprint density at radius 1 is 1.21 bits per heavy atom. The molecular weight excluding hydrogens is 459 g/mol. The minimum Gasteiger partial charge on any atom is -0.342 e. The number of rotatable bonds is 6. The van der Waals surface area contributed by atoms with E-state index in [9.17, 15) is 14.0 Å². The lowest BCUT2D eigenvalue weighted by Gasteiger charge is -2.12. The molecule has 0 aliphatic rings. The number of hydrogen-bond donors (Lipinski definition) is 2. The summed E-state index contributed by atoms with van der Waals surface area (Å²) in [7, 11) is 0. The summed E-state index contributed by atoms with van der Waals surface area (Å²) in [6, 6.07) is 11.3. The molecule has 9 heteroatoms. The molecule has 0 aliphatic heterocycles. The van der Waals surface area contributed by atoms with Crippen LogP contribution in [-0.2, 0) is 4.79 Å². The highest BCUT2D eigenvalue weighted by Gasteiger charge is 2.18. The predicted molar refractivity (Wildman–Crippen MR) is 115 cm³/mol. The number of benzene rings is 2. The molecular formula is C20H18BrFN4O2S. The number of nitrogens with one attached hydrogen (secondary N) is 2. The molecule has 0 aliphatic carbocycles. The third kappa shape index (κ3) is 5.04. The lowest BCUT2D eigenvalue weighted by atomic mass is 10.2. The molecule has 0 atom stereocenters.